The van der Waals surface area contributed by atoms with Gasteiger partial charge in [0.05, 0.1) is 17.6 Å². The van der Waals surface area contributed by atoms with Crippen LogP contribution in [-0.4, -0.2) is 35.4 Å². The summed E-state index contributed by atoms with van der Waals surface area (Å²) in [6, 6.07) is 0. The first-order chi connectivity index (χ1) is 7.59. The number of aliphatic hydroxyl groups excluding tert-OH is 1. The van der Waals surface area contributed by atoms with Gasteiger partial charge in [-0.15, -0.1) is 0 Å². The molecule has 100 valence electrons. The molecule has 0 aliphatic rings. The fraction of sp³-hybridized carbons (Fsp3) is 0.833. The first-order valence-corrected chi connectivity index (χ1v) is 5.68. The Morgan fingerprint density at radius 1 is 1.00 bits per heavy atom. The predicted molar refractivity (Wildman–Crippen MR) is 62.2 cm³/mol. The second kappa shape index (κ2) is 6.00. The van der Waals surface area contributed by atoms with Crippen LogP contribution in [0.4, 0.5) is 0 Å². The standard InChI is InChI=1S/C12H22O5/c1-7(2)16-10(14)9(13)12(5,6)11(15)17-8(3)4/h7-9,13H,1-6H3/t9-/m0/s1. The van der Waals surface area contributed by atoms with Crippen molar-refractivity contribution in [2.75, 3.05) is 0 Å². The summed E-state index contributed by atoms with van der Waals surface area (Å²) >= 11 is 0. The maximum absolute atomic E-state index is 11.7. The van der Waals surface area contributed by atoms with E-state index in [0.29, 0.717) is 0 Å². The van der Waals surface area contributed by atoms with Gasteiger partial charge in [-0.3, -0.25) is 4.79 Å². The van der Waals surface area contributed by atoms with E-state index in [1.54, 1.807) is 27.7 Å². The van der Waals surface area contributed by atoms with Crippen LogP contribution in [0.1, 0.15) is 41.5 Å². The molecule has 0 saturated carbocycles. The largest absolute Gasteiger partial charge is 0.462 e. The number of rotatable bonds is 5. The van der Waals surface area contributed by atoms with Gasteiger partial charge in [-0.2, -0.15) is 0 Å². The van der Waals surface area contributed by atoms with Gasteiger partial charge >= 0.3 is 11.9 Å². The van der Waals surface area contributed by atoms with E-state index in [0.717, 1.165) is 0 Å². The highest BCUT2D eigenvalue weighted by molar-refractivity contribution is 5.86. The smallest absolute Gasteiger partial charge is 0.336 e. The van der Waals surface area contributed by atoms with Crippen molar-refractivity contribution in [3.8, 4) is 0 Å². The zero-order valence-electron chi connectivity index (χ0n) is 11.3. The van der Waals surface area contributed by atoms with Crippen molar-refractivity contribution >= 4 is 11.9 Å². The highest BCUT2D eigenvalue weighted by Gasteiger charge is 2.43. The second-order valence-electron chi connectivity index (χ2n) is 5.06. The first-order valence-electron chi connectivity index (χ1n) is 5.68. The van der Waals surface area contributed by atoms with E-state index in [1.807, 2.05) is 0 Å². The number of carbonyl (C=O) groups excluding carboxylic acids is 2. The van der Waals surface area contributed by atoms with Crippen molar-refractivity contribution in [1.29, 1.82) is 0 Å². The van der Waals surface area contributed by atoms with Crippen LogP contribution in [0.25, 0.3) is 0 Å². The van der Waals surface area contributed by atoms with Crippen molar-refractivity contribution in [2.45, 2.75) is 59.9 Å². The fourth-order valence-corrected chi connectivity index (χ4v) is 1.07. The van der Waals surface area contributed by atoms with E-state index >= 15 is 0 Å². The Hall–Kier alpha value is -1.10. The Morgan fingerprint density at radius 2 is 1.41 bits per heavy atom. The van der Waals surface area contributed by atoms with Crippen LogP contribution < -0.4 is 0 Å². The summed E-state index contributed by atoms with van der Waals surface area (Å²) in [6.07, 6.45) is -2.17. The summed E-state index contributed by atoms with van der Waals surface area (Å²) in [4.78, 5) is 23.2. The Labute approximate surface area is 102 Å². The fourth-order valence-electron chi connectivity index (χ4n) is 1.07. The number of hydrogen-bond acceptors (Lipinski definition) is 5. The highest BCUT2D eigenvalue weighted by atomic mass is 16.6. The summed E-state index contributed by atoms with van der Waals surface area (Å²) in [6.45, 7) is 9.64. The third kappa shape index (κ3) is 4.73. The summed E-state index contributed by atoms with van der Waals surface area (Å²) in [7, 11) is 0. The van der Waals surface area contributed by atoms with Crippen molar-refractivity contribution < 1.29 is 24.2 Å². The van der Waals surface area contributed by atoms with E-state index in [2.05, 4.69) is 0 Å². The zero-order chi connectivity index (χ0) is 13.8. The van der Waals surface area contributed by atoms with Gasteiger partial charge in [0.2, 0.25) is 0 Å². The topological polar surface area (TPSA) is 72.8 Å². The molecule has 0 fully saturated rings. The lowest BCUT2D eigenvalue weighted by Crippen LogP contribution is -2.45. The molecule has 1 N–H and O–H groups in total. The molecule has 0 rings (SSSR count). The van der Waals surface area contributed by atoms with Crippen LogP contribution >= 0.6 is 0 Å². The van der Waals surface area contributed by atoms with E-state index in [1.165, 1.54) is 13.8 Å². The van der Waals surface area contributed by atoms with Crippen molar-refractivity contribution in [3.05, 3.63) is 0 Å². The SMILES string of the molecule is CC(C)OC(=O)[C@H](O)C(C)(C)C(=O)OC(C)C. The summed E-state index contributed by atoms with van der Waals surface area (Å²) in [5.41, 5.74) is -1.32. The molecule has 0 heterocycles. The van der Waals surface area contributed by atoms with E-state index < -0.39 is 23.5 Å². The molecule has 0 aromatic heterocycles. The number of carbonyl (C=O) groups is 2. The quantitative estimate of drug-likeness (QED) is 0.740. The van der Waals surface area contributed by atoms with Crippen LogP contribution in [0.5, 0.6) is 0 Å². The lowest BCUT2D eigenvalue weighted by Gasteiger charge is -2.28. The van der Waals surface area contributed by atoms with Gasteiger partial charge in [-0.05, 0) is 41.5 Å². The van der Waals surface area contributed by atoms with Gasteiger partial charge in [-0.25, -0.2) is 4.79 Å². The average molecular weight is 246 g/mol. The lowest BCUT2D eigenvalue weighted by molar-refractivity contribution is -0.178. The van der Waals surface area contributed by atoms with Crippen LogP contribution in [-0.2, 0) is 19.1 Å². The molecule has 0 bridgehead atoms. The van der Waals surface area contributed by atoms with Crippen molar-refractivity contribution in [2.24, 2.45) is 5.41 Å². The molecular formula is C12H22O5. The van der Waals surface area contributed by atoms with Crippen LogP contribution in [0.15, 0.2) is 0 Å². The third-order valence-corrected chi connectivity index (χ3v) is 2.13. The van der Waals surface area contributed by atoms with Crippen LogP contribution in [0.2, 0.25) is 0 Å². The molecule has 0 aromatic carbocycles. The molecule has 1 atom stereocenters. The summed E-state index contributed by atoms with van der Waals surface area (Å²) < 4.78 is 9.84. The molecular weight excluding hydrogens is 224 g/mol. The molecule has 0 aliphatic carbocycles. The normalized spacial score (nSPS) is 13.7. The predicted octanol–water partition coefficient (Wildman–Crippen LogP) is 1.28. The van der Waals surface area contributed by atoms with Crippen LogP contribution in [0, 0.1) is 5.41 Å². The Kier molecular flexibility index (Phi) is 5.61. The Morgan fingerprint density at radius 3 is 1.76 bits per heavy atom. The molecule has 0 aromatic rings. The van der Waals surface area contributed by atoms with Gasteiger partial charge in [0.25, 0.3) is 0 Å². The molecule has 0 aliphatic heterocycles. The lowest BCUT2D eigenvalue weighted by atomic mass is 9.86. The molecule has 0 amide bonds. The monoisotopic (exact) mass is 246 g/mol. The van der Waals surface area contributed by atoms with Crippen molar-refractivity contribution in [3.63, 3.8) is 0 Å². The third-order valence-electron chi connectivity index (χ3n) is 2.13. The van der Waals surface area contributed by atoms with Crippen LogP contribution in [0.3, 0.4) is 0 Å². The second-order valence-corrected chi connectivity index (χ2v) is 5.06. The number of ether oxygens (including phenoxy) is 2. The average Bonchev–Trinajstić information content (AvgIpc) is 2.14. The molecule has 0 spiro atoms. The minimum atomic E-state index is -1.53. The number of aliphatic hydroxyl groups is 1. The van der Waals surface area contributed by atoms with Gasteiger partial charge in [0, 0.05) is 0 Å². The number of esters is 2. The molecule has 17 heavy (non-hydrogen) atoms. The molecule has 5 heteroatoms. The molecule has 5 nitrogen and oxygen atoms in total. The Balaban J connectivity index is 4.68. The highest BCUT2D eigenvalue weighted by Crippen LogP contribution is 2.24. The van der Waals surface area contributed by atoms with Gasteiger partial charge in [0.15, 0.2) is 6.10 Å². The van der Waals surface area contributed by atoms with E-state index in [4.69, 9.17) is 9.47 Å². The molecule has 0 radical (unpaired) electrons. The van der Waals surface area contributed by atoms with Crippen molar-refractivity contribution in [1.82, 2.24) is 0 Å². The first kappa shape index (κ1) is 15.9. The van der Waals surface area contributed by atoms with E-state index in [-0.39, 0.29) is 12.2 Å². The zero-order valence-corrected chi connectivity index (χ0v) is 11.3. The van der Waals surface area contributed by atoms with Gasteiger partial charge in [0.1, 0.15) is 0 Å². The molecule has 0 unspecified atom stereocenters. The Bertz CT molecular complexity index is 281. The minimum Gasteiger partial charge on any atom is -0.462 e. The maximum Gasteiger partial charge on any atom is 0.336 e. The summed E-state index contributed by atoms with van der Waals surface area (Å²) in [5, 5.41) is 9.80. The van der Waals surface area contributed by atoms with E-state index in [9.17, 15) is 14.7 Å². The minimum absolute atomic E-state index is 0.296. The molecule has 0 saturated heterocycles. The summed E-state index contributed by atoms with van der Waals surface area (Å²) in [5.74, 6) is -1.44. The van der Waals surface area contributed by atoms with Gasteiger partial charge < -0.3 is 14.6 Å². The van der Waals surface area contributed by atoms with Gasteiger partial charge in [-0.1, -0.05) is 0 Å². The maximum atomic E-state index is 11.7. The number of hydrogen-bond donors (Lipinski definition) is 1.